The van der Waals surface area contributed by atoms with E-state index in [0.29, 0.717) is 11.8 Å². The first-order valence-corrected chi connectivity index (χ1v) is 6.22. The molecule has 6 heteroatoms. The van der Waals surface area contributed by atoms with Gasteiger partial charge in [0.1, 0.15) is 0 Å². The molecule has 2 aromatic heterocycles. The van der Waals surface area contributed by atoms with Crippen LogP contribution in [0.5, 0.6) is 0 Å². The fourth-order valence-corrected chi connectivity index (χ4v) is 2.25. The Bertz CT molecular complexity index is 515. The van der Waals surface area contributed by atoms with Crippen LogP contribution in [0.15, 0.2) is 24.7 Å². The van der Waals surface area contributed by atoms with E-state index < -0.39 is 0 Å². The molecule has 6 nitrogen and oxygen atoms in total. The summed E-state index contributed by atoms with van der Waals surface area (Å²) in [6.45, 7) is 2.07. The van der Waals surface area contributed by atoms with Crippen molar-refractivity contribution in [1.82, 2.24) is 19.7 Å². The quantitative estimate of drug-likeness (QED) is 0.860. The molecule has 0 spiro atoms. The summed E-state index contributed by atoms with van der Waals surface area (Å²) in [5, 5.41) is 4.09. The predicted octanol–water partition coefficient (Wildman–Crippen LogP) is 1.23. The smallest absolute Gasteiger partial charge is 0.252 e. The lowest BCUT2D eigenvalue weighted by molar-refractivity contribution is 0.577. The Morgan fingerprint density at radius 1 is 1.17 bits per heavy atom. The van der Waals surface area contributed by atoms with E-state index in [1.807, 2.05) is 6.07 Å². The van der Waals surface area contributed by atoms with Gasteiger partial charge in [0.05, 0.1) is 11.9 Å². The highest BCUT2D eigenvalue weighted by atomic mass is 15.3. The second-order valence-electron chi connectivity index (χ2n) is 4.44. The number of nitrogens with zero attached hydrogens (tertiary/aromatic N) is 5. The summed E-state index contributed by atoms with van der Waals surface area (Å²) >= 11 is 0. The van der Waals surface area contributed by atoms with E-state index in [-0.39, 0.29) is 0 Å². The SMILES string of the molecule is Nc1nc(-n2cccn2)ncc1N1CCCCC1. The van der Waals surface area contributed by atoms with Crippen molar-refractivity contribution in [3.8, 4) is 5.95 Å². The lowest BCUT2D eigenvalue weighted by Gasteiger charge is -2.28. The number of hydrogen-bond donors (Lipinski definition) is 1. The fourth-order valence-electron chi connectivity index (χ4n) is 2.25. The van der Waals surface area contributed by atoms with Gasteiger partial charge in [-0.05, 0) is 25.3 Å². The molecule has 2 N–H and O–H groups in total. The summed E-state index contributed by atoms with van der Waals surface area (Å²) in [6.07, 6.45) is 9.00. The molecular weight excluding hydrogens is 228 g/mol. The van der Waals surface area contributed by atoms with Crippen molar-refractivity contribution in [2.24, 2.45) is 0 Å². The van der Waals surface area contributed by atoms with Crippen LogP contribution in [0.1, 0.15) is 19.3 Å². The van der Waals surface area contributed by atoms with Crippen molar-refractivity contribution in [2.45, 2.75) is 19.3 Å². The molecule has 0 radical (unpaired) electrons. The fraction of sp³-hybridized carbons (Fsp3) is 0.417. The molecule has 94 valence electrons. The molecule has 1 fully saturated rings. The molecule has 0 bridgehead atoms. The number of hydrogen-bond acceptors (Lipinski definition) is 5. The van der Waals surface area contributed by atoms with Gasteiger partial charge in [-0.15, -0.1) is 0 Å². The van der Waals surface area contributed by atoms with Gasteiger partial charge in [0.25, 0.3) is 5.95 Å². The molecule has 1 aliphatic rings. The second-order valence-corrected chi connectivity index (χ2v) is 4.44. The second kappa shape index (κ2) is 4.64. The van der Waals surface area contributed by atoms with Gasteiger partial charge < -0.3 is 10.6 Å². The van der Waals surface area contributed by atoms with Gasteiger partial charge in [0.15, 0.2) is 5.82 Å². The zero-order valence-electron chi connectivity index (χ0n) is 10.2. The summed E-state index contributed by atoms with van der Waals surface area (Å²) in [6, 6.07) is 1.83. The minimum absolute atomic E-state index is 0.512. The highest BCUT2D eigenvalue weighted by Gasteiger charge is 2.15. The Morgan fingerprint density at radius 2 is 2.00 bits per heavy atom. The Morgan fingerprint density at radius 3 is 2.67 bits per heavy atom. The highest BCUT2D eigenvalue weighted by Crippen LogP contribution is 2.24. The molecule has 0 amide bonds. The van der Waals surface area contributed by atoms with Crippen molar-refractivity contribution in [3.05, 3.63) is 24.7 Å². The Balaban J connectivity index is 1.89. The first kappa shape index (κ1) is 11.0. The van der Waals surface area contributed by atoms with Crippen LogP contribution in [0.4, 0.5) is 11.5 Å². The van der Waals surface area contributed by atoms with Gasteiger partial charge in [-0.25, -0.2) is 9.67 Å². The van der Waals surface area contributed by atoms with Crippen LogP contribution in [-0.2, 0) is 0 Å². The van der Waals surface area contributed by atoms with E-state index in [1.54, 1.807) is 23.3 Å². The molecule has 3 rings (SSSR count). The van der Waals surface area contributed by atoms with E-state index >= 15 is 0 Å². The van der Waals surface area contributed by atoms with Gasteiger partial charge in [-0.1, -0.05) is 0 Å². The average Bonchev–Trinajstić information content (AvgIpc) is 2.93. The van der Waals surface area contributed by atoms with E-state index in [9.17, 15) is 0 Å². The number of nitrogen functional groups attached to an aromatic ring is 1. The molecule has 0 unspecified atom stereocenters. The molecule has 3 heterocycles. The maximum Gasteiger partial charge on any atom is 0.252 e. The van der Waals surface area contributed by atoms with Crippen LogP contribution >= 0.6 is 0 Å². The maximum absolute atomic E-state index is 6.02. The van der Waals surface area contributed by atoms with E-state index in [4.69, 9.17) is 5.73 Å². The van der Waals surface area contributed by atoms with Crippen LogP contribution in [0, 0.1) is 0 Å². The van der Waals surface area contributed by atoms with Crippen LogP contribution in [0.3, 0.4) is 0 Å². The normalized spacial score (nSPS) is 15.9. The Kier molecular flexibility index (Phi) is 2.84. The van der Waals surface area contributed by atoms with Crippen LogP contribution in [0.25, 0.3) is 5.95 Å². The molecule has 0 saturated carbocycles. The maximum atomic E-state index is 6.02. The highest BCUT2D eigenvalue weighted by molar-refractivity contribution is 5.62. The summed E-state index contributed by atoms with van der Waals surface area (Å²) in [4.78, 5) is 10.9. The minimum Gasteiger partial charge on any atom is -0.382 e. The first-order valence-electron chi connectivity index (χ1n) is 6.22. The Labute approximate surface area is 105 Å². The topological polar surface area (TPSA) is 72.9 Å². The molecule has 0 aliphatic carbocycles. The number of nitrogens with two attached hydrogens (primary N) is 1. The van der Waals surface area contributed by atoms with Crippen molar-refractivity contribution in [3.63, 3.8) is 0 Å². The lowest BCUT2D eigenvalue weighted by Crippen LogP contribution is -2.30. The Hall–Kier alpha value is -2.11. The molecule has 18 heavy (non-hydrogen) atoms. The first-order chi connectivity index (χ1) is 8.84. The van der Waals surface area contributed by atoms with E-state index in [2.05, 4.69) is 20.0 Å². The van der Waals surface area contributed by atoms with Crippen LogP contribution in [0.2, 0.25) is 0 Å². The van der Waals surface area contributed by atoms with Gasteiger partial charge in [-0.2, -0.15) is 10.1 Å². The van der Waals surface area contributed by atoms with Crippen molar-refractivity contribution in [1.29, 1.82) is 0 Å². The number of aromatic nitrogens is 4. The summed E-state index contributed by atoms with van der Waals surface area (Å²) in [5.74, 6) is 1.04. The third kappa shape index (κ3) is 2.01. The van der Waals surface area contributed by atoms with E-state index in [0.717, 1.165) is 18.8 Å². The minimum atomic E-state index is 0.512. The van der Waals surface area contributed by atoms with Gasteiger partial charge in [0.2, 0.25) is 0 Å². The van der Waals surface area contributed by atoms with Gasteiger partial charge >= 0.3 is 0 Å². The zero-order valence-corrected chi connectivity index (χ0v) is 10.2. The molecule has 1 saturated heterocycles. The van der Waals surface area contributed by atoms with Crippen LogP contribution in [-0.4, -0.2) is 32.8 Å². The van der Waals surface area contributed by atoms with E-state index in [1.165, 1.54) is 19.3 Å². The van der Waals surface area contributed by atoms with Crippen molar-refractivity contribution >= 4 is 11.5 Å². The monoisotopic (exact) mass is 244 g/mol. The van der Waals surface area contributed by atoms with Crippen molar-refractivity contribution in [2.75, 3.05) is 23.7 Å². The molecular formula is C12H16N6. The third-order valence-corrected chi connectivity index (χ3v) is 3.19. The molecule has 0 atom stereocenters. The van der Waals surface area contributed by atoms with Crippen molar-refractivity contribution < 1.29 is 0 Å². The van der Waals surface area contributed by atoms with Crippen LogP contribution < -0.4 is 10.6 Å². The largest absolute Gasteiger partial charge is 0.382 e. The zero-order chi connectivity index (χ0) is 12.4. The number of piperidine rings is 1. The standard InChI is InChI=1S/C12H16N6/c13-11-10(17-6-2-1-3-7-17)9-14-12(16-11)18-8-4-5-15-18/h4-5,8-9H,1-3,6-7H2,(H2,13,14,16). The predicted molar refractivity (Wildman–Crippen MR) is 69.6 cm³/mol. The van der Waals surface area contributed by atoms with Gasteiger partial charge in [-0.3, -0.25) is 0 Å². The summed E-state index contributed by atoms with van der Waals surface area (Å²) in [5.41, 5.74) is 6.96. The van der Waals surface area contributed by atoms with Gasteiger partial charge in [0, 0.05) is 25.5 Å². The third-order valence-electron chi connectivity index (χ3n) is 3.19. The molecule has 2 aromatic rings. The summed E-state index contributed by atoms with van der Waals surface area (Å²) in [7, 11) is 0. The average molecular weight is 244 g/mol. The molecule has 0 aromatic carbocycles. The summed E-state index contributed by atoms with van der Waals surface area (Å²) < 4.78 is 1.61. The number of anilines is 2. The lowest BCUT2D eigenvalue weighted by atomic mass is 10.1. The molecule has 1 aliphatic heterocycles. The number of rotatable bonds is 2.